The van der Waals surface area contributed by atoms with Crippen LogP contribution in [-0.4, -0.2) is 11.7 Å². The van der Waals surface area contributed by atoms with Gasteiger partial charge in [0.1, 0.15) is 0 Å². The zero-order valence-corrected chi connectivity index (χ0v) is 5.03. The van der Waals surface area contributed by atoms with Gasteiger partial charge in [0.25, 0.3) is 0 Å². The predicted molar refractivity (Wildman–Crippen MR) is 32.0 cm³/mol. The highest BCUT2D eigenvalue weighted by atomic mass is 32.1. The molecule has 0 spiro atoms. The molecular weight excluding hydrogens is 110 g/mol. The molecule has 0 rings (SSSR count). The average Bonchev–Trinajstić information content (AvgIpc) is 1.61. The van der Waals surface area contributed by atoms with Crippen LogP contribution in [0.2, 0.25) is 0 Å². The second kappa shape index (κ2) is 3.99. The van der Waals surface area contributed by atoms with E-state index in [0.717, 1.165) is 0 Å². The summed E-state index contributed by atoms with van der Waals surface area (Å²) in [5.74, 6) is 0.536. The molecule has 0 unspecified atom stereocenters. The van der Waals surface area contributed by atoms with Crippen molar-refractivity contribution in [1.29, 1.82) is 0 Å². The Labute approximate surface area is 48.7 Å². The van der Waals surface area contributed by atoms with Crippen molar-refractivity contribution in [1.82, 2.24) is 5.32 Å². The Morgan fingerprint density at radius 2 is 2.57 bits per heavy atom. The second-order valence-electron chi connectivity index (χ2n) is 1.09. The summed E-state index contributed by atoms with van der Waals surface area (Å²) in [6.07, 6.45) is 0. The van der Waals surface area contributed by atoms with E-state index in [9.17, 15) is 4.79 Å². The molecule has 2 nitrogen and oxygen atoms in total. The van der Waals surface area contributed by atoms with E-state index >= 15 is 0 Å². The molecule has 0 heterocycles. The van der Waals surface area contributed by atoms with Crippen LogP contribution in [0.15, 0.2) is 0 Å². The Kier molecular flexibility index (Phi) is 3.89. The van der Waals surface area contributed by atoms with Crippen LogP contribution < -0.4 is 5.32 Å². The van der Waals surface area contributed by atoms with E-state index in [1.165, 1.54) is 6.92 Å². The highest BCUT2D eigenvalue weighted by Crippen LogP contribution is 1.73. The fraction of sp³-hybridized carbons (Fsp3) is 0.500. The number of amides is 1. The average molecular weight is 118 g/mol. The first-order valence-corrected chi connectivity index (χ1v) is 2.60. The van der Waals surface area contributed by atoms with Gasteiger partial charge in [0, 0.05) is 12.7 Å². The van der Waals surface area contributed by atoms with Crippen molar-refractivity contribution < 1.29 is 4.79 Å². The standard InChI is InChI=1S/C4H8NOS/c1-4(6)5-2-3-7/h2,7H,3H2,1H3,(H,5,6). The quantitative estimate of drug-likeness (QED) is 0.499. The number of hydrogen-bond donors (Lipinski definition) is 2. The van der Waals surface area contributed by atoms with Crippen LogP contribution in [0.4, 0.5) is 0 Å². The highest BCUT2D eigenvalue weighted by Gasteiger charge is 1.84. The maximum atomic E-state index is 10.0. The lowest BCUT2D eigenvalue weighted by atomic mass is 10.6. The molecule has 0 saturated heterocycles. The molecule has 0 aromatic carbocycles. The van der Waals surface area contributed by atoms with Gasteiger partial charge in [-0.15, -0.1) is 0 Å². The minimum atomic E-state index is -0.0472. The van der Waals surface area contributed by atoms with Gasteiger partial charge in [-0.3, -0.25) is 4.79 Å². The van der Waals surface area contributed by atoms with Crippen molar-refractivity contribution in [2.75, 3.05) is 5.75 Å². The van der Waals surface area contributed by atoms with E-state index in [1.54, 1.807) is 6.54 Å². The van der Waals surface area contributed by atoms with Crippen molar-refractivity contribution in [3.8, 4) is 0 Å². The molecule has 3 heteroatoms. The van der Waals surface area contributed by atoms with Gasteiger partial charge in [-0.25, -0.2) is 0 Å². The summed E-state index contributed by atoms with van der Waals surface area (Å²) in [5.41, 5.74) is 0. The van der Waals surface area contributed by atoms with E-state index in [1.807, 2.05) is 0 Å². The van der Waals surface area contributed by atoms with Gasteiger partial charge in [0.15, 0.2) is 0 Å². The van der Waals surface area contributed by atoms with E-state index in [-0.39, 0.29) is 5.91 Å². The molecule has 0 fully saturated rings. The Hall–Kier alpha value is -0.180. The number of carbonyl (C=O) groups is 1. The molecule has 0 aliphatic carbocycles. The van der Waals surface area contributed by atoms with Gasteiger partial charge in [0.2, 0.25) is 5.91 Å². The largest absolute Gasteiger partial charge is 0.351 e. The first-order chi connectivity index (χ1) is 3.27. The molecule has 1 amide bonds. The highest BCUT2D eigenvalue weighted by molar-refractivity contribution is 7.80. The zero-order chi connectivity index (χ0) is 5.70. The molecule has 0 aromatic rings. The van der Waals surface area contributed by atoms with Crippen LogP contribution >= 0.6 is 12.6 Å². The summed E-state index contributed by atoms with van der Waals surface area (Å²) in [5, 5.41) is 2.45. The predicted octanol–water partition coefficient (Wildman–Crippen LogP) is 0.214. The summed E-state index contributed by atoms with van der Waals surface area (Å²) in [4.78, 5) is 10.0. The summed E-state index contributed by atoms with van der Waals surface area (Å²) in [6.45, 7) is 3.05. The number of carbonyl (C=O) groups excluding carboxylic acids is 1. The van der Waals surface area contributed by atoms with Crippen molar-refractivity contribution >= 4 is 18.5 Å². The second-order valence-corrected chi connectivity index (χ2v) is 1.45. The normalized spacial score (nSPS) is 8.29. The van der Waals surface area contributed by atoms with Crippen molar-refractivity contribution in [3.05, 3.63) is 6.54 Å². The van der Waals surface area contributed by atoms with E-state index in [4.69, 9.17) is 0 Å². The van der Waals surface area contributed by atoms with Gasteiger partial charge in [-0.2, -0.15) is 12.6 Å². The SMILES string of the molecule is CC(=O)N[CH]CS. The van der Waals surface area contributed by atoms with Crippen molar-refractivity contribution in [2.45, 2.75) is 6.92 Å². The molecule has 0 bridgehead atoms. The monoisotopic (exact) mass is 118 g/mol. The Balaban J connectivity index is 2.82. The lowest BCUT2D eigenvalue weighted by Crippen LogP contribution is -2.16. The van der Waals surface area contributed by atoms with Crippen LogP contribution in [0.5, 0.6) is 0 Å². The summed E-state index contributed by atoms with van der Waals surface area (Å²) >= 11 is 3.82. The molecule has 0 saturated carbocycles. The number of nitrogens with one attached hydrogen (secondary N) is 1. The third-order valence-corrected chi connectivity index (χ3v) is 0.579. The minimum Gasteiger partial charge on any atom is -0.351 e. The molecule has 1 radical (unpaired) electrons. The molecule has 1 N–H and O–H groups in total. The van der Waals surface area contributed by atoms with Gasteiger partial charge < -0.3 is 5.32 Å². The number of thiol groups is 1. The molecule has 7 heavy (non-hydrogen) atoms. The third-order valence-electron chi connectivity index (χ3n) is 0.397. The van der Waals surface area contributed by atoms with Crippen molar-refractivity contribution in [2.24, 2.45) is 0 Å². The van der Waals surface area contributed by atoms with Gasteiger partial charge in [-0.05, 0) is 0 Å². The Morgan fingerprint density at radius 3 is 2.71 bits per heavy atom. The fourth-order valence-corrected chi connectivity index (χ4v) is 0.281. The van der Waals surface area contributed by atoms with Crippen LogP contribution in [-0.2, 0) is 4.79 Å². The Morgan fingerprint density at radius 1 is 2.00 bits per heavy atom. The van der Waals surface area contributed by atoms with Crippen LogP contribution in [0.25, 0.3) is 0 Å². The number of rotatable bonds is 2. The lowest BCUT2D eigenvalue weighted by molar-refractivity contribution is -0.118. The third kappa shape index (κ3) is 5.82. The molecule has 0 aliphatic rings. The van der Waals surface area contributed by atoms with Crippen LogP contribution in [0, 0.1) is 6.54 Å². The first-order valence-electron chi connectivity index (χ1n) is 1.97. The van der Waals surface area contributed by atoms with Gasteiger partial charge in [-0.1, -0.05) is 0 Å². The molecule has 41 valence electrons. The first kappa shape index (κ1) is 6.82. The summed E-state index contributed by atoms with van der Waals surface area (Å²) in [6, 6.07) is 0. The minimum absolute atomic E-state index is 0.0472. The maximum Gasteiger partial charge on any atom is 0.217 e. The molecular formula is C4H8NOS. The number of hydrogen-bond acceptors (Lipinski definition) is 2. The Bertz CT molecular complexity index is 64.7. The fourth-order valence-electron chi connectivity index (χ4n) is 0.189. The molecule has 0 atom stereocenters. The van der Waals surface area contributed by atoms with Crippen molar-refractivity contribution in [3.63, 3.8) is 0 Å². The van der Waals surface area contributed by atoms with Crippen LogP contribution in [0.1, 0.15) is 6.92 Å². The molecule has 0 aromatic heterocycles. The molecule has 0 aliphatic heterocycles. The van der Waals surface area contributed by atoms with E-state index in [2.05, 4.69) is 17.9 Å². The van der Waals surface area contributed by atoms with E-state index in [0.29, 0.717) is 5.75 Å². The summed E-state index contributed by atoms with van der Waals surface area (Å²) in [7, 11) is 0. The summed E-state index contributed by atoms with van der Waals surface area (Å²) < 4.78 is 0. The van der Waals surface area contributed by atoms with Crippen LogP contribution in [0.3, 0.4) is 0 Å². The topological polar surface area (TPSA) is 29.1 Å². The lowest BCUT2D eigenvalue weighted by Gasteiger charge is -1.92. The maximum absolute atomic E-state index is 10.0. The van der Waals surface area contributed by atoms with E-state index < -0.39 is 0 Å². The van der Waals surface area contributed by atoms with Gasteiger partial charge >= 0.3 is 0 Å². The zero-order valence-electron chi connectivity index (χ0n) is 4.14. The smallest absolute Gasteiger partial charge is 0.217 e. The van der Waals surface area contributed by atoms with Gasteiger partial charge in [0.05, 0.1) is 6.54 Å².